The lowest BCUT2D eigenvalue weighted by Gasteiger charge is -2.24. The van der Waals surface area contributed by atoms with Gasteiger partial charge in [-0.2, -0.15) is 5.10 Å². The SMILES string of the molecule is CCOc1ccc(/C=N\NC(=O)CN(c2ccc(OCC)cc2)S(=O)(=O)c2ccc(SC)cc2)cc1. The number of hydrogen-bond donors (Lipinski definition) is 1. The van der Waals surface area contributed by atoms with Gasteiger partial charge in [0.15, 0.2) is 0 Å². The summed E-state index contributed by atoms with van der Waals surface area (Å²) in [7, 11) is -4.03. The highest BCUT2D eigenvalue weighted by atomic mass is 32.2. The summed E-state index contributed by atoms with van der Waals surface area (Å²) in [6, 6.07) is 20.3. The average molecular weight is 528 g/mol. The van der Waals surface area contributed by atoms with Crippen LogP contribution in [0.5, 0.6) is 11.5 Å². The van der Waals surface area contributed by atoms with Crippen LogP contribution in [-0.4, -0.2) is 46.6 Å². The van der Waals surface area contributed by atoms with Gasteiger partial charge in [0, 0.05) is 4.90 Å². The van der Waals surface area contributed by atoms with Gasteiger partial charge in [0.1, 0.15) is 18.0 Å². The number of carbonyl (C=O) groups is 1. The maximum absolute atomic E-state index is 13.5. The average Bonchev–Trinajstić information content (AvgIpc) is 2.89. The van der Waals surface area contributed by atoms with Gasteiger partial charge in [0.25, 0.3) is 15.9 Å². The van der Waals surface area contributed by atoms with Gasteiger partial charge in [-0.25, -0.2) is 13.8 Å². The molecule has 0 fully saturated rings. The van der Waals surface area contributed by atoms with Gasteiger partial charge in [-0.1, -0.05) is 0 Å². The minimum absolute atomic E-state index is 0.0832. The number of thioether (sulfide) groups is 1. The number of benzene rings is 3. The molecule has 0 heterocycles. The standard InChI is InChI=1S/C26H29N3O5S2/c1-4-33-22-10-6-20(7-11-22)18-27-28-26(30)19-29(21-8-12-23(13-9-21)34-5-2)36(31,32)25-16-14-24(35-3)15-17-25/h6-18H,4-5,19H2,1-3H3,(H,28,30)/b27-18-. The predicted octanol–water partition coefficient (Wildman–Crippen LogP) is 4.55. The molecular weight excluding hydrogens is 498 g/mol. The molecule has 0 aliphatic heterocycles. The minimum Gasteiger partial charge on any atom is -0.494 e. The zero-order valence-corrected chi connectivity index (χ0v) is 22.0. The molecule has 3 aromatic carbocycles. The number of nitrogens with zero attached hydrogens (tertiary/aromatic N) is 2. The molecule has 0 aliphatic rings. The number of anilines is 1. The summed E-state index contributed by atoms with van der Waals surface area (Å²) >= 11 is 1.51. The molecule has 0 saturated heterocycles. The monoisotopic (exact) mass is 527 g/mol. The van der Waals surface area contributed by atoms with Crippen LogP contribution in [0, 0.1) is 0 Å². The van der Waals surface area contributed by atoms with E-state index < -0.39 is 22.5 Å². The number of rotatable bonds is 12. The zero-order valence-electron chi connectivity index (χ0n) is 20.4. The molecule has 0 aliphatic carbocycles. The molecule has 0 radical (unpaired) electrons. The van der Waals surface area contributed by atoms with Gasteiger partial charge in [0.05, 0.1) is 30.0 Å². The summed E-state index contributed by atoms with van der Waals surface area (Å²) in [6.45, 7) is 4.36. The zero-order chi connectivity index (χ0) is 26.0. The fraction of sp³-hybridized carbons (Fsp3) is 0.231. The Morgan fingerprint density at radius 2 is 1.47 bits per heavy atom. The highest BCUT2D eigenvalue weighted by Gasteiger charge is 2.27. The van der Waals surface area contributed by atoms with Crippen LogP contribution < -0.4 is 19.2 Å². The summed E-state index contributed by atoms with van der Waals surface area (Å²) in [4.78, 5) is 13.7. The third-order valence-corrected chi connectivity index (χ3v) is 7.50. The number of ether oxygens (including phenoxy) is 2. The molecule has 0 bridgehead atoms. The molecule has 36 heavy (non-hydrogen) atoms. The third-order valence-electron chi connectivity index (χ3n) is 4.96. The largest absolute Gasteiger partial charge is 0.494 e. The number of nitrogens with one attached hydrogen (secondary N) is 1. The van der Waals surface area contributed by atoms with Gasteiger partial charge < -0.3 is 9.47 Å². The summed E-state index contributed by atoms with van der Waals surface area (Å²) in [5.74, 6) is 0.753. The van der Waals surface area contributed by atoms with E-state index in [0.29, 0.717) is 24.7 Å². The molecule has 0 unspecified atom stereocenters. The first kappa shape index (κ1) is 27.1. The maximum Gasteiger partial charge on any atom is 0.264 e. The number of amides is 1. The normalized spacial score (nSPS) is 11.3. The van der Waals surface area contributed by atoms with Crippen LogP contribution in [0.15, 0.2) is 87.7 Å². The van der Waals surface area contributed by atoms with Crippen molar-refractivity contribution in [3.05, 3.63) is 78.4 Å². The van der Waals surface area contributed by atoms with Crippen molar-refractivity contribution in [2.75, 3.05) is 30.3 Å². The molecule has 1 amide bonds. The maximum atomic E-state index is 13.5. The van der Waals surface area contributed by atoms with Crippen LogP contribution in [0.4, 0.5) is 5.69 Å². The van der Waals surface area contributed by atoms with E-state index in [1.54, 1.807) is 60.7 Å². The Kier molecular flexibility index (Phi) is 9.77. The van der Waals surface area contributed by atoms with Crippen molar-refractivity contribution in [1.82, 2.24) is 5.43 Å². The van der Waals surface area contributed by atoms with Gasteiger partial charge >= 0.3 is 0 Å². The van der Waals surface area contributed by atoms with E-state index in [2.05, 4.69) is 10.5 Å². The van der Waals surface area contributed by atoms with Gasteiger partial charge in [-0.05, 0) is 98.5 Å². The second-order valence-electron chi connectivity index (χ2n) is 7.41. The van der Waals surface area contributed by atoms with Crippen LogP contribution in [-0.2, 0) is 14.8 Å². The molecule has 0 atom stereocenters. The Bertz CT molecular complexity index is 1260. The van der Waals surface area contributed by atoms with Crippen molar-refractivity contribution >= 4 is 39.6 Å². The quantitative estimate of drug-likeness (QED) is 0.211. The fourth-order valence-electron chi connectivity index (χ4n) is 3.23. The van der Waals surface area contributed by atoms with E-state index in [0.717, 1.165) is 20.5 Å². The highest BCUT2D eigenvalue weighted by molar-refractivity contribution is 7.98. The lowest BCUT2D eigenvalue weighted by molar-refractivity contribution is -0.119. The van der Waals surface area contributed by atoms with E-state index in [4.69, 9.17) is 9.47 Å². The topological polar surface area (TPSA) is 97.3 Å². The second-order valence-corrected chi connectivity index (χ2v) is 10.2. The van der Waals surface area contributed by atoms with E-state index in [1.165, 1.54) is 30.1 Å². The second kappa shape index (κ2) is 13.0. The van der Waals surface area contributed by atoms with Crippen LogP contribution in [0.3, 0.4) is 0 Å². The Balaban J connectivity index is 1.80. The highest BCUT2D eigenvalue weighted by Crippen LogP contribution is 2.27. The summed E-state index contributed by atoms with van der Waals surface area (Å²) in [6.07, 6.45) is 3.39. The van der Waals surface area contributed by atoms with E-state index in [9.17, 15) is 13.2 Å². The van der Waals surface area contributed by atoms with Crippen molar-refractivity contribution < 1.29 is 22.7 Å². The van der Waals surface area contributed by atoms with Crippen LogP contribution >= 0.6 is 11.8 Å². The summed E-state index contributed by atoms with van der Waals surface area (Å²) in [5, 5.41) is 3.97. The summed E-state index contributed by atoms with van der Waals surface area (Å²) < 4.78 is 39.0. The van der Waals surface area contributed by atoms with E-state index in [-0.39, 0.29) is 4.90 Å². The summed E-state index contributed by atoms with van der Waals surface area (Å²) in [5.41, 5.74) is 3.49. The Labute approximate surface area is 216 Å². The molecule has 3 rings (SSSR count). The lowest BCUT2D eigenvalue weighted by atomic mass is 10.2. The molecule has 10 heteroatoms. The smallest absolute Gasteiger partial charge is 0.264 e. The number of carbonyl (C=O) groups excluding carboxylic acids is 1. The predicted molar refractivity (Wildman–Crippen MR) is 144 cm³/mol. The number of sulfonamides is 1. The van der Waals surface area contributed by atoms with Crippen LogP contribution in [0.25, 0.3) is 0 Å². The fourth-order valence-corrected chi connectivity index (χ4v) is 5.06. The van der Waals surface area contributed by atoms with Gasteiger partial charge in [-0.15, -0.1) is 11.8 Å². The first-order valence-electron chi connectivity index (χ1n) is 11.3. The Morgan fingerprint density at radius 1 is 0.917 bits per heavy atom. The Hall–Kier alpha value is -3.50. The molecule has 190 valence electrons. The molecule has 0 aromatic heterocycles. The van der Waals surface area contributed by atoms with Crippen LogP contribution in [0.1, 0.15) is 19.4 Å². The lowest BCUT2D eigenvalue weighted by Crippen LogP contribution is -2.39. The first-order valence-corrected chi connectivity index (χ1v) is 14.0. The number of hydrogen-bond acceptors (Lipinski definition) is 7. The molecular formula is C26H29N3O5S2. The third kappa shape index (κ3) is 7.25. The van der Waals surface area contributed by atoms with Crippen molar-refractivity contribution in [3.8, 4) is 11.5 Å². The molecule has 0 saturated carbocycles. The van der Waals surface area contributed by atoms with Gasteiger partial charge in [-0.3, -0.25) is 9.10 Å². The molecule has 8 nitrogen and oxygen atoms in total. The molecule has 0 spiro atoms. The van der Waals surface area contributed by atoms with Crippen molar-refractivity contribution in [1.29, 1.82) is 0 Å². The molecule has 3 aromatic rings. The Morgan fingerprint density at radius 3 is 2.00 bits per heavy atom. The van der Waals surface area contributed by atoms with Crippen LogP contribution in [0.2, 0.25) is 0 Å². The van der Waals surface area contributed by atoms with Crippen molar-refractivity contribution in [2.24, 2.45) is 5.10 Å². The van der Waals surface area contributed by atoms with Gasteiger partial charge in [0.2, 0.25) is 0 Å². The molecule has 1 N–H and O–H groups in total. The van der Waals surface area contributed by atoms with E-state index in [1.807, 2.05) is 20.1 Å². The van der Waals surface area contributed by atoms with E-state index >= 15 is 0 Å². The number of hydrazone groups is 1. The minimum atomic E-state index is -4.03. The van der Waals surface area contributed by atoms with Crippen molar-refractivity contribution in [2.45, 2.75) is 23.6 Å². The first-order chi connectivity index (χ1) is 17.4. The van der Waals surface area contributed by atoms with Crippen molar-refractivity contribution in [3.63, 3.8) is 0 Å².